The van der Waals surface area contributed by atoms with Crippen LogP contribution in [0.5, 0.6) is 5.75 Å². The van der Waals surface area contributed by atoms with Crippen molar-refractivity contribution in [2.75, 3.05) is 17.7 Å². The quantitative estimate of drug-likeness (QED) is 0.851. The minimum atomic E-state index is -0.514. The lowest BCUT2D eigenvalue weighted by atomic mass is 10.2. The number of nitrogens with one attached hydrogen (secondary N) is 1. The number of ether oxygens (including phenoxy) is 1. The normalized spacial score (nSPS) is 10.2. The van der Waals surface area contributed by atoms with Crippen LogP contribution in [-0.4, -0.2) is 12.5 Å². The summed E-state index contributed by atoms with van der Waals surface area (Å²) in [5.41, 5.74) is 7.34. The minimum absolute atomic E-state index is 0.0363. The second-order valence-electron chi connectivity index (χ2n) is 4.50. The molecule has 110 valence electrons. The van der Waals surface area contributed by atoms with Gasteiger partial charge in [0.2, 0.25) is 0 Å². The molecule has 0 fully saturated rings. The molecule has 2 aromatic rings. The van der Waals surface area contributed by atoms with Gasteiger partial charge in [-0.25, -0.2) is 4.39 Å². The van der Waals surface area contributed by atoms with Gasteiger partial charge in [0.05, 0.1) is 11.4 Å². The molecular formula is C15H14ClFN2O2. The molecule has 0 unspecified atom stereocenters. The van der Waals surface area contributed by atoms with Gasteiger partial charge in [-0.3, -0.25) is 4.79 Å². The molecule has 0 aliphatic rings. The monoisotopic (exact) mass is 308 g/mol. The number of rotatable bonds is 4. The van der Waals surface area contributed by atoms with Crippen LogP contribution in [0.1, 0.15) is 5.56 Å². The highest BCUT2D eigenvalue weighted by Gasteiger charge is 2.09. The van der Waals surface area contributed by atoms with Gasteiger partial charge in [0.1, 0.15) is 0 Å². The van der Waals surface area contributed by atoms with Gasteiger partial charge in [0.25, 0.3) is 5.91 Å². The maximum atomic E-state index is 13.5. The lowest BCUT2D eigenvalue weighted by molar-refractivity contribution is -0.118. The van der Waals surface area contributed by atoms with Crippen molar-refractivity contribution >= 4 is 28.9 Å². The van der Waals surface area contributed by atoms with Gasteiger partial charge >= 0.3 is 0 Å². The van der Waals surface area contributed by atoms with Crippen LogP contribution in [0.2, 0.25) is 5.02 Å². The van der Waals surface area contributed by atoms with Crippen LogP contribution in [0.4, 0.5) is 15.8 Å². The zero-order valence-electron chi connectivity index (χ0n) is 11.3. The van der Waals surface area contributed by atoms with Crippen LogP contribution < -0.4 is 15.8 Å². The second kappa shape index (κ2) is 6.45. The summed E-state index contributed by atoms with van der Waals surface area (Å²) in [6.07, 6.45) is 0. The van der Waals surface area contributed by atoms with Crippen LogP contribution >= 0.6 is 11.6 Å². The SMILES string of the molecule is Cc1ccc(F)c(OCC(=O)Nc2ccc(Cl)cc2N)c1. The Kier molecular flexibility index (Phi) is 4.65. The van der Waals surface area contributed by atoms with Crippen molar-refractivity contribution in [3.63, 3.8) is 0 Å². The fourth-order valence-corrected chi connectivity index (χ4v) is 1.88. The Bertz CT molecular complexity index is 677. The molecule has 0 saturated carbocycles. The van der Waals surface area contributed by atoms with E-state index in [1.165, 1.54) is 18.2 Å². The molecule has 2 rings (SSSR count). The predicted octanol–water partition coefficient (Wildman–Crippen LogP) is 3.39. The molecule has 0 saturated heterocycles. The van der Waals surface area contributed by atoms with E-state index in [1.807, 2.05) is 0 Å². The lowest BCUT2D eigenvalue weighted by Crippen LogP contribution is -2.21. The number of nitrogens with two attached hydrogens (primary N) is 1. The Morgan fingerprint density at radius 3 is 2.81 bits per heavy atom. The van der Waals surface area contributed by atoms with Crippen molar-refractivity contribution in [2.24, 2.45) is 0 Å². The Morgan fingerprint density at radius 2 is 2.10 bits per heavy atom. The highest BCUT2D eigenvalue weighted by molar-refractivity contribution is 6.31. The van der Waals surface area contributed by atoms with E-state index in [4.69, 9.17) is 22.1 Å². The maximum Gasteiger partial charge on any atom is 0.262 e. The van der Waals surface area contributed by atoms with E-state index in [9.17, 15) is 9.18 Å². The number of nitrogen functional groups attached to an aromatic ring is 1. The predicted molar refractivity (Wildman–Crippen MR) is 81.1 cm³/mol. The number of carbonyl (C=O) groups excluding carboxylic acids is 1. The third-order valence-electron chi connectivity index (χ3n) is 2.73. The maximum absolute atomic E-state index is 13.5. The molecule has 0 aromatic heterocycles. The van der Waals surface area contributed by atoms with Crippen LogP contribution in [0.15, 0.2) is 36.4 Å². The molecule has 0 heterocycles. The summed E-state index contributed by atoms with van der Waals surface area (Å²) in [4.78, 5) is 11.8. The smallest absolute Gasteiger partial charge is 0.262 e. The number of hydrogen-bond acceptors (Lipinski definition) is 3. The third-order valence-corrected chi connectivity index (χ3v) is 2.97. The van der Waals surface area contributed by atoms with Crippen LogP contribution in [0.25, 0.3) is 0 Å². The summed E-state index contributed by atoms with van der Waals surface area (Å²) < 4.78 is 18.6. The fourth-order valence-electron chi connectivity index (χ4n) is 1.70. The van der Waals surface area contributed by atoms with Gasteiger partial charge in [-0.2, -0.15) is 0 Å². The molecule has 6 heteroatoms. The van der Waals surface area contributed by atoms with Gasteiger partial charge in [-0.05, 0) is 42.8 Å². The first-order chi connectivity index (χ1) is 9.95. The Hall–Kier alpha value is -2.27. The number of hydrogen-bond donors (Lipinski definition) is 2. The zero-order valence-corrected chi connectivity index (χ0v) is 12.1. The molecule has 4 nitrogen and oxygen atoms in total. The summed E-state index contributed by atoms with van der Waals surface area (Å²) >= 11 is 5.77. The zero-order chi connectivity index (χ0) is 15.4. The molecule has 0 atom stereocenters. The minimum Gasteiger partial charge on any atom is -0.481 e. The van der Waals surface area contributed by atoms with Crippen LogP contribution in [0, 0.1) is 12.7 Å². The Morgan fingerprint density at radius 1 is 1.33 bits per heavy atom. The molecule has 0 spiro atoms. The summed E-state index contributed by atoms with van der Waals surface area (Å²) in [6, 6.07) is 9.16. The first-order valence-electron chi connectivity index (χ1n) is 6.19. The molecular weight excluding hydrogens is 295 g/mol. The van der Waals surface area contributed by atoms with Crippen molar-refractivity contribution in [2.45, 2.75) is 6.92 Å². The van der Waals surface area contributed by atoms with E-state index in [-0.39, 0.29) is 12.4 Å². The van der Waals surface area contributed by atoms with Gasteiger partial charge in [-0.1, -0.05) is 17.7 Å². The number of halogens is 2. The molecule has 0 bridgehead atoms. The van der Waals surface area contributed by atoms with E-state index in [1.54, 1.807) is 25.1 Å². The van der Waals surface area contributed by atoms with E-state index >= 15 is 0 Å². The number of carbonyl (C=O) groups is 1. The van der Waals surface area contributed by atoms with Gasteiger partial charge in [0.15, 0.2) is 18.2 Å². The summed E-state index contributed by atoms with van der Waals surface area (Å²) in [7, 11) is 0. The van der Waals surface area contributed by atoms with Gasteiger partial charge in [-0.15, -0.1) is 0 Å². The average molecular weight is 309 g/mol. The van der Waals surface area contributed by atoms with Gasteiger partial charge in [0, 0.05) is 5.02 Å². The van der Waals surface area contributed by atoms with Crippen molar-refractivity contribution in [1.82, 2.24) is 0 Å². The molecule has 21 heavy (non-hydrogen) atoms. The fraction of sp³-hybridized carbons (Fsp3) is 0.133. The number of anilines is 2. The summed E-state index contributed by atoms with van der Waals surface area (Å²) in [6.45, 7) is 1.49. The number of aryl methyl sites for hydroxylation is 1. The van der Waals surface area contributed by atoms with Crippen molar-refractivity contribution in [3.8, 4) is 5.75 Å². The summed E-state index contributed by atoms with van der Waals surface area (Å²) in [5.74, 6) is -0.918. The first kappa shape index (κ1) is 15.1. The molecule has 3 N–H and O–H groups in total. The Balaban J connectivity index is 1.97. The van der Waals surface area contributed by atoms with E-state index in [2.05, 4.69) is 5.32 Å². The summed E-state index contributed by atoms with van der Waals surface area (Å²) in [5, 5.41) is 3.05. The van der Waals surface area contributed by atoms with E-state index < -0.39 is 11.7 Å². The average Bonchev–Trinajstić information content (AvgIpc) is 2.43. The lowest BCUT2D eigenvalue weighted by Gasteiger charge is -2.10. The molecule has 0 aliphatic heterocycles. The third kappa shape index (κ3) is 4.10. The number of benzene rings is 2. The topological polar surface area (TPSA) is 64.3 Å². The largest absolute Gasteiger partial charge is 0.481 e. The van der Waals surface area contributed by atoms with E-state index in [0.717, 1.165) is 5.56 Å². The molecule has 0 radical (unpaired) electrons. The first-order valence-corrected chi connectivity index (χ1v) is 6.57. The number of amides is 1. The van der Waals surface area contributed by atoms with Crippen LogP contribution in [-0.2, 0) is 4.79 Å². The van der Waals surface area contributed by atoms with E-state index in [0.29, 0.717) is 16.4 Å². The molecule has 0 aliphatic carbocycles. The van der Waals surface area contributed by atoms with Crippen molar-refractivity contribution in [1.29, 1.82) is 0 Å². The van der Waals surface area contributed by atoms with Crippen LogP contribution in [0.3, 0.4) is 0 Å². The standard InChI is InChI=1S/C15H14ClFN2O2/c1-9-2-4-11(17)14(6-9)21-8-15(20)19-13-5-3-10(16)7-12(13)18/h2-7H,8,18H2,1H3,(H,19,20). The van der Waals surface area contributed by atoms with Crippen molar-refractivity contribution < 1.29 is 13.9 Å². The van der Waals surface area contributed by atoms with Crippen molar-refractivity contribution in [3.05, 3.63) is 52.8 Å². The molecule has 2 aromatic carbocycles. The second-order valence-corrected chi connectivity index (χ2v) is 4.94. The Labute approximate surface area is 126 Å². The highest BCUT2D eigenvalue weighted by atomic mass is 35.5. The molecule has 1 amide bonds. The van der Waals surface area contributed by atoms with Gasteiger partial charge < -0.3 is 15.8 Å². The highest BCUT2D eigenvalue weighted by Crippen LogP contribution is 2.23.